The van der Waals surface area contributed by atoms with Gasteiger partial charge >= 0.3 is 0 Å². The van der Waals surface area contributed by atoms with Gasteiger partial charge in [-0.1, -0.05) is 41.4 Å². The van der Waals surface area contributed by atoms with Gasteiger partial charge in [-0.3, -0.25) is 4.79 Å². The quantitative estimate of drug-likeness (QED) is 0.636. The molecule has 1 aromatic heterocycles. The predicted octanol–water partition coefficient (Wildman–Crippen LogP) is 5.42. The summed E-state index contributed by atoms with van der Waals surface area (Å²) in [7, 11) is 0. The maximum absolute atomic E-state index is 12.2. The summed E-state index contributed by atoms with van der Waals surface area (Å²) in [6, 6.07) is 15.9. The predicted molar refractivity (Wildman–Crippen MR) is 103 cm³/mol. The molecule has 0 saturated heterocycles. The van der Waals surface area contributed by atoms with Crippen molar-refractivity contribution in [2.75, 3.05) is 0 Å². The van der Waals surface area contributed by atoms with Crippen LogP contribution in [0.25, 0.3) is 0 Å². The normalized spacial score (nSPS) is 10.4. The minimum atomic E-state index is -0.229. The molecule has 3 aromatic rings. The number of amides is 1. The molecule has 0 bridgehead atoms. The molecule has 0 spiro atoms. The van der Waals surface area contributed by atoms with Gasteiger partial charge in [-0.05, 0) is 48.4 Å². The highest BCUT2D eigenvalue weighted by molar-refractivity contribution is 6.33. The molecule has 26 heavy (non-hydrogen) atoms. The Morgan fingerprint density at radius 3 is 2.62 bits per heavy atom. The van der Waals surface area contributed by atoms with Crippen LogP contribution in [0.4, 0.5) is 0 Å². The highest BCUT2D eigenvalue weighted by Gasteiger charge is 2.09. The monoisotopic (exact) mass is 386 g/mol. The molecule has 2 aromatic carbocycles. The second kappa shape index (κ2) is 8.21. The van der Waals surface area contributed by atoms with Crippen LogP contribution in [0.1, 0.15) is 21.5 Å². The highest BCUT2D eigenvalue weighted by Crippen LogP contribution is 2.26. The molecule has 0 unspecified atom stereocenters. The minimum Gasteiger partial charge on any atom is -0.439 e. The molecule has 1 heterocycles. The zero-order valence-electron chi connectivity index (χ0n) is 14.0. The highest BCUT2D eigenvalue weighted by atomic mass is 35.5. The van der Waals surface area contributed by atoms with Crippen LogP contribution in [0.2, 0.25) is 10.0 Å². The van der Waals surface area contributed by atoms with Crippen LogP contribution in [0.3, 0.4) is 0 Å². The van der Waals surface area contributed by atoms with Crippen molar-refractivity contribution in [3.63, 3.8) is 0 Å². The molecule has 1 amide bonds. The second-order valence-corrected chi connectivity index (χ2v) is 6.52. The smallest absolute Gasteiger partial charge is 0.253 e. The van der Waals surface area contributed by atoms with E-state index in [4.69, 9.17) is 27.9 Å². The molecule has 0 saturated carbocycles. The number of rotatable bonds is 5. The summed E-state index contributed by atoms with van der Waals surface area (Å²) < 4.78 is 5.76. The number of carbonyl (C=O) groups excluding carboxylic acids is 1. The number of hydrogen-bond acceptors (Lipinski definition) is 3. The Morgan fingerprint density at radius 1 is 1.12 bits per heavy atom. The zero-order valence-corrected chi connectivity index (χ0v) is 15.5. The van der Waals surface area contributed by atoms with E-state index in [1.54, 1.807) is 48.7 Å². The first-order valence-electron chi connectivity index (χ1n) is 7.94. The fourth-order valence-corrected chi connectivity index (χ4v) is 2.79. The summed E-state index contributed by atoms with van der Waals surface area (Å²) in [5.74, 6) is 0.936. The van der Waals surface area contributed by atoms with Gasteiger partial charge in [0.05, 0.1) is 10.6 Å². The van der Waals surface area contributed by atoms with Crippen molar-refractivity contribution >= 4 is 29.1 Å². The largest absolute Gasteiger partial charge is 0.439 e. The number of benzene rings is 2. The lowest BCUT2D eigenvalue weighted by Crippen LogP contribution is -2.23. The van der Waals surface area contributed by atoms with E-state index in [1.165, 1.54) is 0 Å². The summed E-state index contributed by atoms with van der Waals surface area (Å²) in [4.78, 5) is 16.4. The molecule has 132 valence electrons. The number of aromatic nitrogens is 1. The van der Waals surface area contributed by atoms with Crippen molar-refractivity contribution in [3.8, 4) is 11.6 Å². The number of ether oxygens (including phenoxy) is 1. The first kappa shape index (κ1) is 18.2. The molecular weight excluding hydrogens is 371 g/mol. The summed E-state index contributed by atoms with van der Waals surface area (Å²) in [5.41, 5.74) is 2.22. The lowest BCUT2D eigenvalue weighted by molar-refractivity contribution is 0.0951. The number of nitrogens with zero attached hydrogens (tertiary/aromatic N) is 1. The third-order valence-electron chi connectivity index (χ3n) is 3.72. The van der Waals surface area contributed by atoms with Crippen molar-refractivity contribution in [1.29, 1.82) is 0 Å². The van der Waals surface area contributed by atoms with Crippen LogP contribution in [0, 0.1) is 6.92 Å². The van der Waals surface area contributed by atoms with Gasteiger partial charge in [-0.25, -0.2) is 4.98 Å². The van der Waals surface area contributed by atoms with E-state index in [0.717, 1.165) is 11.1 Å². The van der Waals surface area contributed by atoms with Crippen molar-refractivity contribution in [2.45, 2.75) is 13.5 Å². The zero-order chi connectivity index (χ0) is 18.5. The molecule has 0 radical (unpaired) electrons. The Bertz CT molecular complexity index is 927. The van der Waals surface area contributed by atoms with Gasteiger partial charge in [0.1, 0.15) is 5.75 Å². The molecule has 1 N–H and O–H groups in total. The molecule has 0 aliphatic rings. The summed E-state index contributed by atoms with van der Waals surface area (Å²) in [5, 5.41) is 3.90. The van der Waals surface area contributed by atoms with E-state index in [2.05, 4.69) is 10.3 Å². The van der Waals surface area contributed by atoms with E-state index in [1.807, 2.05) is 19.1 Å². The molecule has 0 aliphatic carbocycles. The summed E-state index contributed by atoms with van der Waals surface area (Å²) in [6.07, 6.45) is 1.66. The van der Waals surface area contributed by atoms with Crippen LogP contribution in [0.5, 0.6) is 11.6 Å². The van der Waals surface area contributed by atoms with E-state index in [9.17, 15) is 4.79 Å². The number of carbonyl (C=O) groups is 1. The molecule has 0 fully saturated rings. The van der Waals surface area contributed by atoms with Crippen LogP contribution in [0.15, 0.2) is 60.8 Å². The summed E-state index contributed by atoms with van der Waals surface area (Å²) >= 11 is 12.0. The van der Waals surface area contributed by atoms with Gasteiger partial charge in [-0.15, -0.1) is 0 Å². The Morgan fingerprint density at radius 2 is 1.92 bits per heavy atom. The number of hydrogen-bond donors (Lipinski definition) is 1. The molecule has 0 aliphatic heterocycles. The second-order valence-electron chi connectivity index (χ2n) is 5.68. The Balaban J connectivity index is 1.61. The van der Waals surface area contributed by atoms with Gasteiger partial charge in [0.15, 0.2) is 0 Å². The Labute approximate surface area is 161 Å². The average Bonchev–Trinajstić information content (AvgIpc) is 2.63. The summed E-state index contributed by atoms with van der Waals surface area (Å²) in [6.45, 7) is 2.26. The van der Waals surface area contributed by atoms with E-state index in [0.29, 0.717) is 33.8 Å². The SMILES string of the molecule is Cc1cc(Cl)ccc1Oc1ccc(CNC(=O)c2ccccc2Cl)cn1. The van der Waals surface area contributed by atoms with Crippen LogP contribution in [-0.2, 0) is 6.54 Å². The third-order valence-corrected chi connectivity index (χ3v) is 4.29. The first-order valence-corrected chi connectivity index (χ1v) is 8.70. The van der Waals surface area contributed by atoms with Crippen LogP contribution in [-0.4, -0.2) is 10.9 Å². The van der Waals surface area contributed by atoms with Crippen LogP contribution < -0.4 is 10.1 Å². The van der Waals surface area contributed by atoms with Gasteiger partial charge in [0.25, 0.3) is 5.91 Å². The third kappa shape index (κ3) is 4.54. The first-order chi connectivity index (χ1) is 12.5. The minimum absolute atomic E-state index is 0.229. The number of aryl methyl sites for hydroxylation is 1. The fourth-order valence-electron chi connectivity index (χ4n) is 2.34. The number of nitrogens with one attached hydrogen (secondary N) is 1. The van der Waals surface area contributed by atoms with Crippen molar-refractivity contribution in [2.24, 2.45) is 0 Å². The molecule has 4 nitrogen and oxygen atoms in total. The standard InChI is InChI=1S/C20H16Cl2N2O2/c1-13-10-15(21)7-8-18(13)26-19-9-6-14(11-23-19)12-24-20(25)16-4-2-3-5-17(16)22/h2-11H,12H2,1H3,(H,24,25). The van der Waals surface area contributed by atoms with Crippen LogP contribution >= 0.6 is 23.2 Å². The lowest BCUT2D eigenvalue weighted by Gasteiger charge is -2.09. The van der Waals surface area contributed by atoms with E-state index >= 15 is 0 Å². The van der Waals surface area contributed by atoms with Crippen molar-refractivity contribution in [1.82, 2.24) is 10.3 Å². The topological polar surface area (TPSA) is 51.2 Å². The molecule has 6 heteroatoms. The van der Waals surface area contributed by atoms with Crippen molar-refractivity contribution in [3.05, 3.63) is 87.5 Å². The van der Waals surface area contributed by atoms with Gasteiger partial charge in [-0.2, -0.15) is 0 Å². The van der Waals surface area contributed by atoms with Gasteiger partial charge in [0.2, 0.25) is 5.88 Å². The van der Waals surface area contributed by atoms with E-state index in [-0.39, 0.29) is 5.91 Å². The van der Waals surface area contributed by atoms with E-state index < -0.39 is 0 Å². The molecule has 3 rings (SSSR count). The molecular formula is C20H16Cl2N2O2. The number of halogens is 2. The fraction of sp³-hybridized carbons (Fsp3) is 0.100. The maximum atomic E-state index is 12.2. The van der Waals surface area contributed by atoms with Gasteiger partial charge < -0.3 is 10.1 Å². The van der Waals surface area contributed by atoms with Crippen molar-refractivity contribution < 1.29 is 9.53 Å². The lowest BCUT2D eigenvalue weighted by atomic mass is 10.2. The Hall–Kier alpha value is -2.56. The number of pyridine rings is 1. The Kier molecular flexibility index (Phi) is 5.76. The van der Waals surface area contributed by atoms with Gasteiger partial charge in [0, 0.05) is 23.8 Å². The molecule has 0 atom stereocenters. The average molecular weight is 387 g/mol. The maximum Gasteiger partial charge on any atom is 0.253 e.